The summed E-state index contributed by atoms with van der Waals surface area (Å²) >= 11 is 0. The molecule has 1 unspecified atom stereocenters. The minimum atomic E-state index is -0.115. The first-order chi connectivity index (χ1) is 17.2. The molecule has 1 N–H and O–H groups in total. The van der Waals surface area contributed by atoms with Gasteiger partial charge < -0.3 is 14.6 Å². The lowest BCUT2D eigenvalue weighted by Gasteiger charge is -2.18. The van der Waals surface area contributed by atoms with Gasteiger partial charge in [0.25, 0.3) is 0 Å². The Morgan fingerprint density at radius 2 is 1.51 bits per heavy atom. The Kier molecular flexibility index (Phi) is 6.62. The van der Waals surface area contributed by atoms with Crippen molar-refractivity contribution >= 4 is 16.8 Å². The monoisotopic (exact) mass is 460 g/mol. The maximum absolute atomic E-state index is 13.1. The number of nitrogens with one attached hydrogen (secondary N) is 1. The van der Waals surface area contributed by atoms with Crippen molar-refractivity contribution in [2.45, 2.75) is 18.9 Å². The number of aryl methyl sites for hydroxylation is 1. The normalized spacial score (nSPS) is 11.8. The van der Waals surface area contributed by atoms with Crippen molar-refractivity contribution in [1.29, 1.82) is 0 Å². The largest absolute Gasteiger partial charge is 0.457 e. The molecule has 4 heteroatoms. The third-order valence-electron chi connectivity index (χ3n) is 6.26. The van der Waals surface area contributed by atoms with Crippen LogP contribution in [-0.2, 0) is 18.4 Å². The van der Waals surface area contributed by atoms with Crippen molar-refractivity contribution in [3.05, 3.63) is 132 Å². The third kappa shape index (κ3) is 5.28. The molecular formula is C31H28N2O2. The van der Waals surface area contributed by atoms with E-state index in [1.807, 2.05) is 98.0 Å². The second-order valence-corrected chi connectivity index (χ2v) is 8.72. The number of hydrogen-bond acceptors (Lipinski definition) is 2. The molecule has 5 aromatic rings. The molecule has 1 heterocycles. The molecule has 0 radical (unpaired) electrons. The number of ether oxygens (including phenoxy) is 1. The summed E-state index contributed by atoms with van der Waals surface area (Å²) in [6.07, 6.45) is 2.49. The number of para-hydroxylation sites is 2. The van der Waals surface area contributed by atoms with Gasteiger partial charge in [-0.15, -0.1) is 0 Å². The van der Waals surface area contributed by atoms with Crippen LogP contribution in [0.4, 0.5) is 0 Å². The molecule has 0 spiro atoms. The Morgan fingerprint density at radius 1 is 0.829 bits per heavy atom. The number of carbonyl (C=O) groups is 1. The summed E-state index contributed by atoms with van der Waals surface area (Å²) in [4.78, 5) is 13.1. The van der Waals surface area contributed by atoms with Gasteiger partial charge in [0, 0.05) is 43.0 Å². The van der Waals surface area contributed by atoms with Gasteiger partial charge in [-0.2, -0.15) is 0 Å². The fourth-order valence-corrected chi connectivity index (χ4v) is 4.53. The number of benzene rings is 4. The van der Waals surface area contributed by atoms with E-state index < -0.39 is 0 Å². The molecule has 1 amide bonds. The molecule has 0 bridgehead atoms. The van der Waals surface area contributed by atoms with Gasteiger partial charge in [0.05, 0.1) is 0 Å². The average molecular weight is 461 g/mol. The summed E-state index contributed by atoms with van der Waals surface area (Å²) in [5.74, 6) is 1.44. The molecule has 1 atom stereocenters. The van der Waals surface area contributed by atoms with E-state index in [0.29, 0.717) is 13.0 Å². The van der Waals surface area contributed by atoms with Crippen molar-refractivity contribution in [3.63, 3.8) is 0 Å². The van der Waals surface area contributed by atoms with E-state index >= 15 is 0 Å². The van der Waals surface area contributed by atoms with Gasteiger partial charge in [-0.05, 0) is 47.0 Å². The summed E-state index contributed by atoms with van der Waals surface area (Å²) in [5.41, 5.74) is 4.41. The number of nitrogens with zero attached hydrogens (tertiary/aromatic N) is 1. The van der Waals surface area contributed by atoms with Crippen molar-refractivity contribution in [1.82, 2.24) is 9.88 Å². The lowest BCUT2D eigenvalue weighted by atomic mass is 9.88. The zero-order valence-electron chi connectivity index (χ0n) is 19.7. The maximum Gasteiger partial charge on any atom is 0.221 e. The first-order valence-electron chi connectivity index (χ1n) is 11.8. The standard InChI is InChI=1S/C31H28N2O2/c1-33-22-29(27-17-8-9-18-30(27)33)28(20-31(34)32-21-23-11-4-2-5-12-23)24-13-10-16-26(19-24)35-25-14-6-3-7-15-25/h2-19,22,28H,20-21H2,1H3,(H,32,34). The Bertz CT molecular complexity index is 1420. The average Bonchev–Trinajstić information content (AvgIpc) is 3.23. The van der Waals surface area contributed by atoms with Crippen LogP contribution >= 0.6 is 0 Å². The summed E-state index contributed by atoms with van der Waals surface area (Å²) in [6.45, 7) is 0.513. The molecule has 174 valence electrons. The molecule has 0 aliphatic carbocycles. The van der Waals surface area contributed by atoms with Gasteiger partial charge in [-0.25, -0.2) is 0 Å². The van der Waals surface area contributed by atoms with Crippen LogP contribution in [0.5, 0.6) is 11.5 Å². The number of hydrogen-bond donors (Lipinski definition) is 1. The van der Waals surface area contributed by atoms with Crippen molar-refractivity contribution < 1.29 is 9.53 Å². The van der Waals surface area contributed by atoms with Gasteiger partial charge in [0.2, 0.25) is 5.91 Å². The second kappa shape index (κ2) is 10.3. The summed E-state index contributed by atoms with van der Waals surface area (Å²) in [7, 11) is 2.05. The van der Waals surface area contributed by atoms with Crippen LogP contribution in [-0.4, -0.2) is 10.5 Å². The molecular weight excluding hydrogens is 432 g/mol. The predicted molar refractivity (Wildman–Crippen MR) is 141 cm³/mol. The molecule has 4 aromatic carbocycles. The zero-order valence-corrected chi connectivity index (χ0v) is 19.7. The molecule has 0 aliphatic rings. The van der Waals surface area contributed by atoms with Crippen LogP contribution in [0.15, 0.2) is 115 Å². The van der Waals surface area contributed by atoms with E-state index in [1.54, 1.807) is 0 Å². The van der Waals surface area contributed by atoms with E-state index in [9.17, 15) is 4.79 Å². The minimum absolute atomic E-state index is 0.0150. The predicted octanol–water partition coefficient (Wildman–Crippen LogP) is 6.81. The molecule has 0 saturated carbocycles. The highest BCUT2D eigenvalue weighted by atomic mass is 16.5. The molecule has 35 heavy (non-hydrogen) atoms. The summed E-state index contributed by atoms with van der Waals surface area (Å²) in [5, 5.41) is 4.26. The lowest BCUT2D eigenvalue weighted by Crippen LogP contribution is -2.25. The van der Waals surface area contributed by atoms with E-state index in [1.165, 1.54) is 0 Å². The third-order valence-corrected chi connectivity index (χ3v) is 6.26. The first-order valence-corrected chi connectivity index (χ1v) is 11.8. The number of fused-ring (bicyclic) bond motifs is 1. The molecule has 0 fully saturated rings. The van der Waals surface area contributed by atoms with Gasteiger partial charge >= 0.3 is 0 Å². The first kappa shape index (κ1) is 22.5. The van der Waals surface area contributed by atoms with Crippen LogP contribution < -0.4 is 10.1 Å². The van der Waals surface area contributed by atoms with Gasteiger partial charge in [0.1, 0.15) is 11.5 Å². The number of amides is 1. The van der Waals surface area contributed by atoms with Crippen molar-refractivity contribution in [3.8, 4) is 11.5 Å². The van der Waals surface area contributed by atoms with Crippen LogP contribution in [0.3, 0.4) is 0 Å². The molecule has 0 aliphatic heterocycles. The van der Waals surface area contributed by atoms with Gasteiger partial charge in [-0.3, -0.25) is 4.79 Å². The Balaban J connectivity index is 1.46. The van der Waals surface area contributed by atoms with E-state index in [4.69, 9.17) is 4.74 Å². The highest BCUT2D eigenvalue weighted by Gasteiger charge is 2.23. The Hall–Kier alpha value is -4.31. The fraction of sp³-hybridized carbons (Fsp3) is 0.129. The smallest absolute Gasteiger partial charge is 0.221 e. The summed E-state index contributed by atoms with van der Waals surface area (Å²) < 4.78 is 8.23. The molecule has 0 saturated heterocycles. The number of aromatic nitrogens is 1. The quantitative estimate of drug-likeness (QED) is 0.276. The Labute approximate surface area is 205 Å². The highest BCUT2D eigenvalue weighted by Crippen LogP contribution is 2.36. The highest BCUT2D eigenvalue weighted by molar-refractivity contribution is 5.86. The van der Waals surface area contributed by atoms with Gasteiger partial charge in [-0.1, -0.05) is 78.9 Å². The topological polar surface area (TPSA) is 43.3 Å². The number of rotatable bonds is 8. The van der Waals surface area contributed by atoms with E-state index in [2.05, 4.69) is 34.3 Å². The SMILES string of the molecule is Cn1cc(C(CC(=O)NCc2ccccc2)c2cccc(Oc3ccccc3)c2)c2ccccc21. The van der Waals surface area contributed by atoms with Crippen molar-refractivity contribution in [2.24, 2.45) is 7.05 Å². The molecule has 5 rings (SSSR count). The minimum Gasteiger partial charge on any atom is -0.457 e. The Morgan fingerprint density at radius 3 is 2.31 bits per heavy atom. The second-order valence-electron chi connectivity index (χ2n) is 8.72. The molecule has 4 nitrogen and oxygen atoms in total. The van der Waals surface area contributed by atoms with Crippen LogP contribution in [0.25, 0.3) is 10.9 Å². The van der Waals surface area contributed by atoms with Crippen LogP contribution in [0.2, 0.25) is 0 Å². The zero-order chi connectivity index (χ0) is 24.0. The number of carbonyl (C=O) groups excluding carboxylic acids is 1. The van der Waals surface area contributed by atoms with Crippen molar-refractivity contribution in [2.75, 3.05) is 0 Å². The summed E-state index contributed by atoms with van der Waals surface area (Å²) in [6, 6.07) is 36.1. The maximum atomic E-state index is 13.1. The fourth-order valence-electron chi connectivity index (χ4n) is 4.53. The van der Waals surface area contributed by atoms with Crippen LogP contribution in [0, 0.1) is 0 Å². The lowest BCUT2D eigenvalue weighted by molar-refractivity contribution is -0.121. The van der Waals surface area contributed by atoms with Gasteiger partial charge in [0.15, 0.2) is 0 Å². The van der Waals surface area contributed by atoms with Crippen LogP contribution in [0.1, 0.15) is 29.0 Å². The van der Waals surface area contributed by atoms with E-state index in [0.717, 1.165) is 39.1 Å². The molecule has 1 aromatic heterocycles. The van der Waals surface area contributed by atoms with E-state index in [-0.39, 0.29) is 11.8 Å².